The standard InChI is InChI=1S/C10H21NO2S/c1-4-14(12,13)11-10-6-5-8(2)9(3)7-10/h8-11H,4-7H2,1-3H3. The second kappa shape index (κ2) is 4.62. The summed E-state index contributed by atoms with van der Waals surface area (Å²) in [6.45, 7) is 6.13. The Bertz CT molecular complexity index is 274. The van der Waals surface area contributed by atoms with Gasteiger partial charge in [0.15, 0.2) is 0 Å². The normalized spacial score (nSPS) is 34.4. The second-order valence-corrected chi connectivity index (χ2v) is 6.53. The first-order valence-corrected chi connectivity index (χ1v) is 7.10. The quantitative estimate of drug-likeness (QED) is 0.786. The van der Waals surface area contributed by atoms with Crippen LogP contribution in [0.1, 0.15) is 40.0 Å². The Morgan fingerprint density at radius 2 is 1.86 bits per heavy atom. The fourth-order valence-electron chi connectivity index (χ4n) is 1.99. The second-order valence-electron chi connectivity index (χ2n) is 4.49. The van der Waals surface area contributed by atoms with Crippen molar-refractivity contribution in [2.75, 3.05) is 5.75 Å². The van der Waals surface area contributed by atoms with Gasteiger partial charge in [0.05, 0.1) is 5.75 Å². The van der Waals surface area contributed by atoms with Gasteiger partial charge in [0.2, 0.25) is 10.0 Å². The summed E-state index contributed by atoms with van der Waals surface area (Å²) in [6.07, 6.45) is 3.11. The zero-order valence-electron chi connectivity index (χ0n) is 9.29. The Labute approximate surface area is 87.3 Å². The highest BCUT2D eigenvalue weighted by Crippen LogP contribution is 2.29. The minimum atomic E-state index is -3.01. The fourth-order valence-corrected chi connectivity index (χ4v) is 2.88. The Hall–Kier alpha value is -0.0900. The molecule has 0 spiro atoms. The molecule has 3 nitrogen and oxygen atoms in total. The Balaban J connectivity index is 2.48. The Morgan fingerprint density at radius 1 is 1.21 bits per heavy atom. The van der Waals surface area contributed by atoms with Crippen molar-refractivity contribution in [1.29, 1.82) is 0 Å². The third-order valence-electron chi connectivity index (χ3n) is 3.32. The highest BCUT2D eigenvalue weighted by atomic mass is 32.2. The molecule has 0 heterocycles. The van der Waals surface area contributed by atoms with Crippen molar-refractivity contribution in [3.8, 4) is 0 Å². The molecule has 1 aliphatic rings. The van der Waals surface area contributed by atoms with Crippen molar-refractivity contribution in [3.05, 3.63) is 0 Å². The zero-order chi connectivity index (χ0) is 10.8. The number of hydrogen-bond acceptors (Lipinski definition) is 2. The minimum absolute atomic E-state index is 0.172. The van der Waals surface area contributed by atoms with Gasteiger partial charge in [-0.15, -0.1) is 0 Å². The Morgan fingerprint density at radius 3 is 2.36 bits per heavy atom. The molecule has 1 saturated carbocycles. The lowest BCUT2D eigenvalue weighted by Gasteiger charge is -2.32. The van der Waals surface area contributed by atoms with Crippen LogP contribution in [0.15, 0.2) is 0 Å². The molecule has 1 N–H and O–H groups in total. The zero-order valence-corrected chi connectivity index (χ0v) is 10.1. The molecule has 0 saturated heterocycles. The average molecular weight is 219 g/mol. The van der Waals surface area contributed by atoms with E-state index < -0.39 is 10.0 Å². The van der Waals surface area contributed by atoms with Crippen LogP contribution in [0, 0.1) is 11.8 Å². The molecule has 0 bridgehead atoms. The van der Waals surface area contributed by atoms with Gasteiger partial charge in [0.1, 0.15) is 0 Å². The molecule has 1 aliphatic carbocycles. The van der Waals surface area contributed by atoms with Gasteiger partial charge in [0, 0.05) is 6.04 Å². The van der Waals surface area contributed by atoms with Gasteiger partial charge in [-0.05, 0) is 38.0 Å². The SMILES string of the molecule is CCS(=O)(=O)NC1CCC(C)C(C)C1. The van der Waals surface area contributed by atoms with Crippen LogP contribution in [-0.4, -0.2) is 20.2 Å². The summed E-state index contributed by atoms with van der Waals surface area (Å²) in [4.78, 5) is 0. The van der Waals surface area contributed by atoms with E-state index >= 15 is 0 Å². The predicted molar refractivity (Wildman–Crippen MR) is 58.6 cm³/mol. The van der Waals surface area contributed by atoms with Crippen LogP contribution in [0.2, 0.25) is 0 Å². The maximum Gasteiger partial charge on any atom is 0.211 e. The van der Waals surface area contributed by atoms with Crippen molar-refractivity contribution in [3.63, 3.8) is 0 Å². The molecule has 0 radical (unpaired) electrons. The van der Waals surface area contributed by atoms with Crippen molar-refractivity contribution >= 4 is 10.0 Å². The van der Waals surface area contributed by atoms with E-state index in [2.05, 4.69) is 18.6 Å². The molecule has 1 rings (SSSR count). The minimum Gasteiger partial charge on any atom is -0.212 e. The first-order chi connectivity index (χ1) is 6.44. The molecule has 14 heavy (non-hydrogen) atoms. The molecule has 4 heteroatoms. The van der Waals surface area contributed by atoms with E-state index in [1.165, 1.54) is 0 Å². The van der Waals surface area contributed by atoms with E-state index in [0.717, 1.165) is 25.2 Å². The number of sulfonamides is 1. The topological polar surface area (TPSA) is 46.2 Å². The summed E-state index contributed by atoms with van der Waals surface area (Å²) >= 11 is 0. The first kappa shape index (κ1) is 12.0. The van der Waals surface area contributed by atoms with Crippen molar-refractivity contribution in [2.45, 2.75) is 46.1 Å². The van der Waals surface area contributed by atoms with Crippen LogP contribution in [0.5, 0.6) is 0 Å². The van der Waals surface area contributed by atoms with Gasteiger partial charge in [0.25, 0.3) is 0 Å². The molecule has 3 unspecified atom stereocenters. The van der Waals surface area contributed by atoms with Gasteiger partial charge in [-0.2, -0.15) is 0 Å². The van der Waals surface area contributed by atoms with Crippen molar-refractivity contribution in [2.24, 2.45) is 11.8 Å². The van der Waals surface area contributed by atoms with E-state index in [9.17, 15) is 8.42 Å². The highest BCUT2D eigenvalue weighted by Gasteiger charge is 2.26. The van der Waals surface area contributed by atoms with Crippen LogP contribution in [0.4, 0.5) is 0 Å². The third-order valence-corrected chi connectivity index (χ3v) is 4.78. The molecular weight excluding hydrogens is 198 g/mol. The molecule has 0 amide bonds. The lowest BCUT2D eigenvalue weighted by Crippen LogP contribution is -2.40. The summed E-state index contributed by atoms with van der Waals surface area (Å²) in [5.41, 5.74) is 0. The predicted octanol–water partition coefficient (Wildman–Crippen LogP) is 1.75. The van der Waals surface area contributed by atoms with Gasteiger partial charge in [-0.25, -0.2) is 13.1 Å². The molecule has 0 aromatic rings. The lowest BCUT2D eigenvalue weighted by atomic mass is 9.79. The summed E-state index contributed by atoms with van der Waals surface area (Å²) in [5.74, 6) is 1.55. The van der Waals surface area contributed by atoms with Gasteiger partial charge in [-0.1, -0.05) is 13.8 Å². The first-order valence-electron chi connectivity index (χ1n) is 5.44. The smallest absolute Gasteiger partial charge is 0.211 e. The monoisotopic (exact) mass is 219 g/mol. The van der Waals surface area contributed by atoms with E-state index in [4.69, 9.17) is 0 Å². The van der Waals surface area contributed by atoms with E-state index in [-0.39, 0.29) is 11.8 Å². The highest BCUT2D eigenvalue weighted by molar-refractivity contribution is 7.89. The Kier molecular flexibility index (Phi) is 3.95. The van der Waals surface area contributed by atoms with E-state index in [1.54, 1.807) is 6.92 Å². The van der Waals surface area contributed by atoms with E-state index in [0.29, 0.717) is 5.92 Å². The third kappa shape index (κ3) is 3.24. The van der Waals surface area contributed by atoms with Crippen LogP contribution in [0.25, 0.3) is 0 Å². The summed E-state index contributed by atoms with van der Waals surface area (Å²) < 4.78 is 25.5. The van der Waals surface area contributed by atoms with Crippen molar-refractivity contribution < 1.29 is 8.42 Å². The largest absolute Gasteiger partial charge is 0.212 e. The van der Waals surface area contributed by atoms with Gasteiger partial charge >= 0.3 is 0 Å². The molecule has 0 aromatic carbocycles. The molecular formula is C10H21NO2S. The molecule has 84 valence electrons. The summed E-state index contributed by atoms with van der Waals surface area (Å²) in [6, 6.07) is 0.172. The maximum absolute atomic E-state index is 11.3. The van der Waals surface area contributed by atoms with Gasteiger partial charge < -0.3 is 0 Å². The van der Waals surface area contributed by atoms with Crippen molar-refractivity contribution in [1.82, 2.24) is 4.72 Å². The van der Waals surface area contributed by atoms with Crippen LogP contribution in [0.3, 0.4) is 0 Å². The molecule has 0 aliphatic heterocycles. The van der Waals surface area contributed by atoms with Crippen LogP contribution in [-0.2, 0) is 10.0 Å². The summed E-state index contributed by atoms with van der Waals surface area (Å²) in [7, 11) is -3.01. The fraction of sp³-hybridized carbons (Fsp3) is 1.00. The molecule has 3 atom stereocenters. The maximum atomic E-state index is 11.3. The van der Waals surface area contributed by atoms with E-state index in [1.807, 2.05) is 0 Å². The molecule has 1 fully saturated rings. The van der Waals surface area contributed by atoms with Gasteiger partial charge in [-0.3, -0.25) is 0 Å². The number of nitrogens with one attached hydrogen (secondary N) is 1. The molecule has 0 aromatic heterocycles. The number of rotatable bonds is 3. The lowest BCUT2D eigenvalue weighted by molar-refractivity contribution is 0.242. The van der Waals surface area contributed by atoms with Crippen LogP contribution >= 0.6 is 0 Å². The summed E-state index contributed by atoms with van der Waals surface area (Å²) in [5, 5.41) is 0. The average Bonchev–Trinajstić information content (AvgIpc) is 2.11. The number of hydrogen-bond donors (Lipinski definition) is 1. The van der Waals surface area contributed by atoms with Crippen LogP contribution < -0.4 is 4.72 Å².